The van der Waals surface area contributed by atoms with Crippen LogP contribution >= 0.6 is 0 Å². The molecule has 0 unspecified atom stereocenters. The number of hydrogen-bond donors (Lipinski definition) is 1. The summed E-state index contributed by atoms with van der Waals surface area (Å²) < 4.78 is 0. The summed E-state index contributed by atoms with van der Waals surface area (Å²) in [6.45, 7) is 6.85. The molecule has 1 N–H and O–H groups in total. The molecule has 2 nitrogen and oxygen atoms in total. The number of aryl methyl sites for hydroxylation is 2. The average Bonchev–Trinajstić information content (AvgIpc) is 2.73. The van der Waals surface area contributed by atoms with Crippen molar-refractivity contribution >= 4 is 0 Å². The molecule has 0 saturated carbocycles. The van der Waals surface area contributed by atoms with Gasteiger partial charge in [0.2, 0.25) is 0 Å². The molecular formula is C15H28N2. The van der Waals surface area contributed by atoms with Gasteiger partial charge in [-0.1, -0.05) is 46.5 Å². The number of unbranched alkanes of at least 4 members (excludes halogenated alkanes) is 3. The summed E-state index contributed by atoms with van der Waals surface area (Å²) in [5, 5.41) is 7.34. The van der Waals surface area contributed by atoms with Gasteiger partial charge in [0.05, 0.1) is 6.20 Å². The van der Waals surface area contributed by atoms with Gasteiger partial charge in [0.15, 0.2) is 0 Å². The highest BCUT2D eigenvalue weighted by Gasteiger charge is 2.04. The van der Waals surface area contributed by atoms with E-state index in [-0.39, 0.29) is 0 Å². The number of aromatic amines is 1. The molecule has 0 saturated heterocycles. The van der Waals surface area contributed by atoms with E-state index in [9.17, 15) is 0 Å². The zero-order chi connectivity index (χ0) is 12.5. The van der Waals surface area contributed by atoms with Crippen molar-refractivity contribution < 1.29 is 0 Å². The zero-order valence-corrected chi connectivity index (χ0v) is 11.8. The number of hydrogen-bond acceptors (Lipinski definition) is 1. The summed E-state index contributed by atoms with van der Waals surface area (Å²) in [7, 11) is 0. The molecule has 0 atom stereocenters. The lowest BCUT2D eigenvalue weighted by Gasteiger charge is -2.05. The Balaban J connectivity index is 2.19. The standard InChI is InChI=1S/C15H28N2/c1-4-5-10-14-12-16-17-15(14)11-8-6-7-9-13(2)3/h12-13H,4-11H2,1-3H3,(H,16,17). The van der Waals surface area contributed by atoms with Gasteiger partial charge in [-0.15, -0.1) is 0 Å². The number of nitrogens with zero attached hydrogens (tertiary/aromatic N) is 1. The fourth-order valence-corrected chi connectivity index (χ4v) is 2.17. The van der Waals surface area contributed by atoms with Crippen molar-refractivity contribution in [1.82, 2.24) is 10.2 Å². The molecule has 1 rings (SSSR count). The Hall–Kier alpha value is -0.790. The lowest BCUT2D eigenvalue weighted by molar-refractivity contribution is 0.525. The first kappa shape index (κ1) is 14.3. The Kier molecular flexibility index (Phi) is 6.99. The normalized spacial score (nSPS) is 11.3. The van der Waals surface area contributed by atoms with Gasteiger partial charge in [0.25, 0.3) is 0 Å². The zero-order valence-electron chi connectivity index (χ0n) is 11.8. The van der Waals surface area contributed by atoms with E-state index in [1.165, 1.54) is 62.6 Å². The van der Waals surface area contributed by atoms with Crippen molar-refractivity contribution in [2.24, 2.45) is 5.92 Å². The van der Waals surface area contributed by atoms with Crippen LogP contribution in [0.4, 0.5) is 0 Å². The summed E-state index contributed by atoms with van der Waals surface area (Å²) in [5.74, 6) is 0.849. The second-order valence-corrected chi connectivity index (χ2v) is 5.47. The van der Waals surface area contributed by atoms with E-state index in [1.807, 2.05) is 6.20 Å². The molecule has 0 aromatic carbocycles. The lowest BCUT2D eigenvalue weighted by atomic mass is 10.0. The third kappa shape index (κ3) is 5.90. The van der Waals surface area contributed by atoms with Crippen molar-refractivity contribution in [3.05, 3.63) is 17.5 Å². The minimum absolute atomic E-state index is 0.849. The second-order valence-electron chi connectivity index (χ2n) is 5.47. The van der Waals surface area contributed by atoms with E-state index < -0.39 is 0 Å². The molecule has 0 spiro atoms. The van der Waals surface area contributed by atoms with Crippen molar-refractivity contribution in [3.63, 3.8) is 0 Å². The Morgan fingerprint density at radius 3 is 2.65 bits per heavy atom. The van der Waals surface area contributed by atoms with Gasteiger partial charge in [-0.25, -0.2) is 0 Å². The van der Waals surface area contributed by atoms with Gasteiger partial charge >= 0.3 is 0 Å². The third-order valence-electron chi connectivity index (χ3n) is 3.32. The monoisotopic (exact) mass is 236 g/mol. The van der Waals surface area contributed by atoms with Gasteiger partial charge in [-0.3, -0.25) is 5.10 Å². The van der Waals surface area contributed by atoms with Gasteiger partial charge in [-0.05, 0) is 37.2 Å². The third-order valence-corrected chi connectivity index (χ3v) is 3.32. The van der Waals surface area contributed by atoms with E-state index in [0.29, 0.717) is 0 Å². The average molecular weight is 236 g/mol. The molecule has 0 amide bonds. The summed E-state index contributed by atoms with van der Waals surface area (Å²) in [4.78, 5) is 0. The number of H-pyrrole nitrogens is 1. The highest BCUT2D eigenvalue weighted by Crippen LogP contribution is 2.14. The van der Waals surface area contributed by atoms with Crippen molar-refractivity contribution in [2.45, 2.75) is 72.1 Å². The van der Waals surface area contributed by atoms with Crippen LogP contribution in [0.15, 0.2) is 6.20 Å². The highest BCUT2D eigenvalue weighted by molar-refractivity contribution is 5.16. The van der Waals surface area contributed by atoms with E-state index >= 15 is 0 Å². The van der Waals surface area contributed by atoms with Crippen LogP contribution in [0, 0.1) is 5.92 Å². The van der Waals surface area contributed by atoms with Crippen LogP contribution in [0.2, 0.25) is 0 Å². The van der Waals surface area contributed by atoms with Gasteiger partial charge < -0.3 is 0 Å². The number of aromatic nitrogens is 2. The van der Waals surface area contributed by atoms with Gasteiger partial charge in [0, 0.05) is 5.69 Å². The summed E-state index contributed by atoms with van der Waals surface area (Å²) in [6, 6.07) is 0. The smallest absolute Gasteiger partial charge is 0.0522 e. The summed E-state index contributed by atoms with van der Waals surface area (Å²) in [5.41, 5.74) is 2.82. The van der Waals surface area contributed by atoms with Gasteiger partial charge in [-0.2, -0.15) is 5.10 Å². The van der Waals surface area contributed by atoms with Crippen LogP contribution < -0.4 is 0 Å². The van der Waals surface area contributed by atoms with Crippen LogP contribution in [-0.4, -0.2) is 10.2 Å². The minimum Gasteiger partial charge on any atom is -0.282 e. The van der Waals surface area contributed by atoms with Crippen molar-refractivity contribution in [2.75, 3.05) is 0 Å². The molecule has 98 valence electrons. The molecule has 1 heterocycles. The first-order valence-corrected chi connectivity index (χ1v) is 7.25. The molecule has 0 aliphatic heterocycles. The summed E-state index contributed by atoms with van der Waals surface area (Å²) in [6.07, 6.45) is 12.3. The largest absolute Gasteiger partial charge is 0.282 e. The molecule has 2 heteroatoms. The molecule has 1 aromatic rings. The van der Waals surface area contributed by atoms with Crippen LogP contribution in [-0.2, 0) is 12.8 Å². The molecule has 0 radical (unpaired) electrons. The van der Waals surface area contributed by atoms with Gasteiger partial charge in [0.1, 0.15) is 0 Å². The Morgan fingerprint density at radius 2 is 1.94 bits per heavy atom. The molecule has 1 aromatic heterocycles. The van der Waals surface area contributed by atoms with Crippen LogP contribution in [0.5, 0.6) is 0 Å². The maximum absolute atomic E-state index is 4.18. The van der Waals surface area contributed by atoms with E-state index in [4.69, 9.17) is 0 Å². The predicted octanol–water partition coefficient (Wildman–Crippen LogP) is 4.51. The van der Waals surface area contributed by atoms with E-state index in [2.05, 4.69) is 31.0 Å². The highest BCUT2D eigenvalue weighted by atomic mass is 15.1. The van der Waals surface area contributed by atoms with Crippen LogP contribution in [0.3, 0.4) is 0 Å². The van der Waals surface area contributed by atoms with E-state index in [1.54, 1.807) is 0 Å². The lowest BCUT2D eigenvalue weighted by Crippen LogP contribution is -1.94. The summed E-state index contributed by atoms with van der Waals surface area (Å²) >= 11 is 0. The maximum Gasteiger partial charge on any atom is 0.0522 e. The fraction of sp³-hybridized carbons (Fsp3) is 0.800. The topological polar surface area (TPSA) is 28.7 Å². The molecule has 0 aliphatic rings. The quantitative estimate of drug-likeness (QED) is 0.628. The van der Waals surface area contributed by atoms with Crippen LogP contribution in [0.25, 0.3) is 0 Å². The SMILES string of the molecule is CCCCc1cn[nH]c1CCCCCC(C)C. The Labute approximate surface area is 106 Å². The Morgan fingerprint density at radius 1 is 1.12 bits per heavy atom. The molecule has 17 heavy (non-hydrogen) atoms. The van der Waals surface area contributed by atoms with E-state index in [0.717, 1.165) is 5.92 Å². The Bertz CT molecular complexity index is 289. The number of rotatable bonds is 9. The number of nitrogens with one attached hydrogen (secondary N) is 1. The van der Waals surface area contributed by atoms with Crippen LogP contribution in [0.1, 0.15) is 70.6 Å². The second kappa shape index (κ2) is 8.32. The maximum atomic E-state index is 4.18. The minimum atomic E-state index is 0.849. The first-order valence-electron chi connectivity index (χ1n) is 7.25. The van der Waals surface area contributed by atoms with Crippen molar-refractivity contribution in [3.8, 4) is 0 Å². The first-order chi connectivity index (χ1) is 8.24. The fourth-order valence-electron chi connectivity index (χ4n) is 2.17. The molecule has 0 aliphatic carbocycles. The van der Waals surface area contributed by atoms with Crippen molar-refractivity contribution in [1.29, 1.82) is 0 Å². The predicted molar refractivity (Wildman–Crippen MR) is 74.2 cm³/mol. The molecule has 0 fully saturated rings. The molecular weight excluding hydrogens is 208 g/mol. The molecule has 0 bridgehead atoms.